The topological polar surface area (TPSA) is 45.6 Å². The quantitative estimate of drug-likeness (QED) is 0.389. The van der Waals surface area contributed by atoms with Crippen molar-refractivity contribution in [3.63, 3.8) is 0 Å². The Balaban J connectivity index is 1.56. The molecule has 32 heavy (non-hydrogen) atoms. The van der Waals surface area contributed by atoms with E-state index in [1.54, 1.807) is 4.90 Å². The summed E-state index contributed by atoms with van der Waals surface area (Å²) in [6.07, 6.45) is 10.1. The zero-order valence-electron chi connectivity index (χ0n) is 18.9. The first kappa shape index (κ1) is 23.1. The minimum Gasteiger partial charge on any atom is -0.342 e. The molecule has 1 aliphatic carbocycles. The van der Waals surface area contributed by atoms with Crippen molar-refractivity contribution in [2.75, 3.05) is 19.6 Å². The molecule has 1 aliphatic heterocycles. The Labute approximate surface area is 199 Å². The van der Waals surface area contributed by atoms with Gasteiger partial charge in [-0.3, -0.25) is 14.5 Å². The molecular formula is C25H31N3O2S2. The monoisotopic (exact) mass is 469 g/mol. The number of nitrogens with zero attached hydrogens (tertiary/aromatic N) is 3. The fraction of sp³-hybridized carbons (Fsp3) is 0.480. The van der Waals surface area contributed by atoms with Gasteiger partial charge in [-0.25, -0.2) is 0 Å². The minimum absolute atomic E-state index is 0.00838. The molecule has 1 aromatic carbocycles. The predicted octanol–water partition coefficient (Wildman–Crippen LogP) is 5.29. The smallest absolute Gasteiger partial charge is 0.266 e. The second-order valence-corrected chi connectivity index (χ2v) is 10.2. The zero-order chi connectivity index (χ0) is 22.7. The van der Waals surface area contributed by atoms with Gasteiger partial charge in [-0.15, -0.1) is 0 Å². The lowest BCUT2D eigenvalue weighted by atomic mass is 10.0. The minimum atomic E-state index is 0.00838. The first-order chi connectivity index (χ1) is 15.5. The lowest BCUT2D eigenvalue weighted by Crippen LogP contribution is -2.33. The summed E-state index contributed by atoms with van der Waals surface area (Å²) in [7, 11) is 0. The summed E-state index contributed by atoms with van der Waals surface area (Å²) in [6.45, 7) is 6.39. The third-order valence-corrected chi connectivity index (χ3v) is 8.01. The molecule has 0 atom stereocenters. The summed E-state index contributed by atoms with van der Waals surface area (Å²) in [4.78, 5) is 30.1. The van der Waals surface area contributed by atoms with E-state index in [0.717, 1.165) is 28.8 Å². The average molecular weight is 470 g/mol. The molecule has 2 heterocycles. The summed E-state index contributed by atoms with van der Waals surface area (Å²) in [5, 5.41) is 1.04. The number of thiocarbonyl (C=S) groups is 1. The number of carbonyl (C=O) groups excluding carboxylic acids is 2. The largest absolute Gasteiger partial charge is 0.342 e. The van der Waals surface area contributed by atoms with Gasteiger partial charge in [0, 0.05) is 42.3 Å². The Bertz CT molecular complexity index is 1050. The van der Waals surface area contributed by atoms with E-state index in [1.165, 1.54) is 37.4 Å². The van der Waals surface area contributed by atoms with Gasteiger partial charge in [0.1, 0.15) is 10.9 Å². The SMILES string of the molecule is CCN(CC)C(=O)Cn1cc(/C=C2\SC(=S)N(CCC3CCCC3)C2=O)c2ccccc21. The number of hydrogen-bond acceptors (Lipinski definition) is 4. The van der Waals surface area contributed by atoms with Crippen molar-refractivity contribution in [3.8, 4) is 0 Å². The first-order valence-corrected chi connectivity index (χ1v) is 12.8. The first-order valence-electron chi connectivity index (χ1n) is 11.6. The third kappa shape index (κ3) is 4.79. The van der Waals surface area contributed by atoms with Crippen LogP contribution in [0.4, 0.5) is 0 Å². The van der Waals surface area contributed by atoms with Gasteiger partial charge in [0.15, 0.2) is 0 Å². The molecule has 1 saturated heterocycles. The standard InChI is InChI=1S/C25H31N3O2S2/c1-3-26(4-2)23(29)17-27-16-19(20-11-7-8-12-21(20)27)15-22-24(30)28(25(31)32-22)14-13-18-9-5-6-10-18/h7-8,11-12,15-16,18H,3-6,9-10,13-14,17H2,1-2H3/b22-15-. The molecule has 1 saturated carbocycles. The van der Waals surface area contributed by atoms with Gasteiger partial charge in [-0.2, -0.15) is 0 Å². The number of likely N-dealkylation sites (N-methyl/N-ethyl adjacent to an activating group) is 1. The maximum atomic E-state index is 13.1. The van der Waals surface area contributed by atoms with Crippen LogP contribution in [0.2, 0.25) is 0 Å². The van der Waals surface area contributed by atoms with Gasteiger partial charge in [0.25, 0.3) is 5.91 Å². The Morgan fingerprint density at radius 1 is 1.22 bits per heavy atom. The van der Waals surface area contributed by atoms with Gasteiger partial charge in [-0.1, -0.05) is 67.9 Å². The molecule has 1 aromatic heterocycles. The number of hydrogen-bond donors (Lipinski definition) is 0. The summed E-state index contributed by atoms with van der Waals surface area (Å²) in [5.41, 5.74) is 1.94. The van der Waals surface area contributed by atoms with Gasteiger partial charge in [-0.05, 0) is 38.3 Å². The average Bonchev–Trinajstić information content (AvgIpc) is 3.48. The third-order valence-electron chi connectivity index (χ3n) is 6.64. The van der Waals surface area contributed by atoms with Gasteiger partial charge in [0.05, 0.1) is 4.91 Å². The number of fused-ring (bicyclic) bond motifs is 1. The molecule has 2 fully saturated rings. The van der Waals surface area contributed by atoms with Crippen molar-refractivity contribution in [2.45, 2.75) is 52.5 Å². The van der Waals surface area contributed by atoms with Crippen LogP contribution in [0, 0.1) is 5.92 Å². The Hall–Kier alpha value is -2.12. The van der Waals surface area contributed by atoms with Crippen molar-refractivity contribution in [1.82, 2.24) is 14.4 Å². The van der Waals surface area contributed by atoms with Crippen LogP contribution in [0.3, 0.4) is 0 Å². The predicted molar refractivity (Wildman–Crippen MR) is 136 cm³/mol. The Morgan fingerprint density at radius 3 is 2.66 bits per heavy atom. The molecule has 2 amide bonds. The van der Waals surface area contributed by atoms with Crippen LogP contribution in [-0.4, -0.2) is 50.1 Å². The normalized spacial score (nSPS) is 18.4. The summed E-state index contributed by atoms with van der Waals surface area (Å²) in [5.74, 6) is 0.833. The highest BCUT2D eigenvalue weighted by Crippen LogP contribution is 2.36. The number of amides is 2. The van der Waals surface area contributed by atoms with Crippen molar-refractivity contribution in [3.05, 3.63) is 40.9 Å². The zero-order valence-corrected chi connectivity index (χ0v) is 20.5. The summed E-state index contributed by atoms with van der Waals surface area (Å²) < 4.78 is 2.64. The van der Waals surface area contributed by atoms with Crippen LogP contribution in [-0.2, 0) is 16.1 Å². The van der Waals surface area contributed by atoms with Crippen LogP contribution in [0.5, 0.6) is 0 Å². The molecule has 4 rings (SSSR count). The van der Waals surface area contributed by atoms with Crippen molar-refractivity contribution >= 4 is 57.1 Å². The van der Waals surface area contributed by atoms with Crippen LogP contribution in [0.1, 0.15) is 51.5 Å². The maximum Gasteiger partial charge on any atom is 0.266 e. The van der Waals surface area contributed by atoms with Crippen LogP contribution in [0.25, 0.3) is 17.0 Å². The number of aromatic nitrogens is 1. The van der Waals surface area contributed by atoms with Crippen LogP contribution < -0.4 is 0 Å². The Morgan fingerprint density at radius 2 is 1.94 bits per heavy atom. The summed E-state index contributed by atoms with van der Waals surface area (Å²) >= 11 is 6.92. The van der Waals surface area contributed by atoms with E-state index in [0.29, 0.717) is 35.4 Å². The van der Waals surface area contributed by atoms with Gasteiger partial charge < -0.3 is 9.47 Å². The summed E-state index contributed by atoms with van der Waals surface area (Å²) in [6, 6.07) is 8.03. The molecule has 2 aromatic rings. The molecule has 0 bridgehead atoms. The lowest BCUT2D eigenvalue weighted by Gasteiger charge is -2.19. The highest BCUT2D eigenvalue weighted by Gasteiger charge is 2.32. The van der Waals surface area contributed by atoms with E-state index in [4.69, 9.17) is 12.2 Å². The highest BCUT2D eigenvalue weighted by molar-refractivity contribution is 8.26. The number of para-hydroxylation sites is 1. The molecule has 7 heteroatoms. The second kappa shape index (κ2) is 10.2. The van der Waals surface area contributed by atoms with Gasteiger partial charge >= 0.3 is 0 Å². The molecular weight excluding hydrogens is 438 g/mol. The molecule has 2 aliphatic rings. The number of thioether (sulfide) groups is 1. The van der Waals surface area contributed by atoms with E-state index in [2.05, 4.69) is 0 Å². The molecule has 0 unspecified atom stereocenters. The van der Waals surface area contributed by atoms with Crippen LogP contribution in [0.15, 0.2) is 35.4 Å². The van der Waals surface area contributed by atoms with E-state index in [1.807, 2.05) is 59.9 Å². The van der Waals surface area contributed by atoms with E-state index < -0.39 is 0 Å². The molecule has 170 valence electrons. The molecule has 5 nitrogen and oxygen atoms in total. The lowest BCUT2D eigenvalue weighted by molar-refractivity contribution is -0.131. The second-order valence-electron chi connectivity index (χ2n) is 8.57. The number of rotatable bonds is 8. The molecule has 0 N–H and O–H groups in total. The van der Waals surface area contributed by atoms with E-state index in [9.17, 15) is 9.59 Å². The molecule has 0 spiro atoms. The maximum absolute atomic E-state index is 13.1. The van der Waals surface area contributed by atoms with E-state index >= 15 is 0 Å². The number of carbonyl (C=O) groups is 2. The van der Waals surface area contributed by atoms with Gasteiger partial charge in [0.2, 0.25) is 5.91 Å². The van der Waals surface area contributed by atoms with Crippen LogP contribution >= 0.6 is 24.0 Å². The van der Waals surface area contributed by atoms with Crippen molar-refractivity contribution in [1.29, 1.82) is 0 Å². The Kier molecular flexibility index (Phi) is 7.36. The van der Waals surface area contributed by atoms with Crippen molar-refractivity contribution < 1.29 is 9.59 Å². The molecule has 0 radical (unpaired) electrons. The van der Waals surface area contributed by atoms with E-state index in [-0.39, 0.29) is 11.8 Å². The fourth-order valence-electron chi connectivity index (χ4n) is 4.79. The fourth-order valence-corrected chi connectivity index (χ4v) is 6.09. The van der Waals surface area contributed by atoms with Crippen molar-refractivity contribution in [2.24, 2.45) is 5.92 Å². The number of benzene rings is 1. The highest BCUT2D eigenvalue weighted by atomic mass is 32.2.